The first kappa shape index (κ1) is 22.6. The van der Waals surface area contributed by atoms with Crippen LogP contribution in [0.5, 0.6) is 0 Å². The highest BCUT2D eigenvalue weighted by atomic mass is 16.5. The summed E-state index contributed by atoms with van der Waals surface area (Å²) in [6, 6.07) is 16.1. The summed E-state index contributed by atoms with van der Waals surface area (Å²) in [6.07, 6.45) is 1.96. The number of rotatable bonds is 8. The van der Waals surface area contributed by atoms with E-state index in [9.17, 15) is 19.5 Å². The van der Waals surface area contributed by atoms with Crippen molar-refractivity contribution in [3.8, 4) is 11.1 Å². The van der Waals surface area contributed by atoms with E-state index in [2.05, 4.69) is 27.9 Å². The van der Waals surface area contributed by atoms with Gasteiger partial charge in [-0.2, -0.15) is 0 Å². The molecule has 0 bridgehead atoms. The van der Waals surface area contributed by atoms with Crippen LogP contribution in [0.1, 0.15) is 52.9 Å². The lowest BCUT2D eigenvalue weighted by Crippen LogP contribution is -2.54. The smallest absolute Gasteiger partial charge is 0.407 e. The van der Waals surface area contributed by atoms with Crippen molar-refractivity contribution >= 4 is 18.0 Å². The number of aromatic nitrogens is 1. The first-order chi connectivity index (χ1) is 16.9. The summed E-state index contributed by atoms with van der Waals surface area (Å²) < 4.78 is 10.4. The molecule has 5 rings (SSSR count). The molecule has 0 aliphatic heterocycles. The van der Waals surface area contributed by atoms with Gasteiger partial charge in [0.15, 0.2) is 0 Å². The van der Waals surface area contributed by atoms with Crippen molar-refractivity contribution in [1.29, 1.82) is 0 Å². The minimum absolute atomic E-state index is 0.0667. The van der Waals surface area contributed by atoms with Crippen LogP contribution in [0.2, 0.25) is 0 Å². The molecule has 2 aromatic carbocycles. The normalized spacial score (nSPS) is 16.0. The summed E-state index contributed by atoms with van der Waals surface area (Å²) in [5, 5.41) is 18.5. The van der Waals surface area contributed by atoms with Gasteiger partial charge >= 0.3 is 12.1 Å². The summed E-state index contributed by atoms with van der Waals surface area (Å²) in [4.78, 5) is 36.9. The number of alkyl carbamates (subject to hydrolysis) is 1. The van der Waals surface area contributed by atoms with Gasteiger partial charge in [0.2, 0.25) is 0 Å². The van der Waals surface area contributed by atoms with E-state index >= 15 is 0 Å². The van der Waals surface area contributed by atoms with Gasteiger partial charge < -0.3 is 25.0 Å². The number of amides is 2. The number of aliphatic carboxylic acids is 1. The molecular weight excluding hydrogens is 450 g/mol. The fraction of sp³-hybridized carbons (Fsp3) is 0.308. The van der Waals surface area contributed by atoms with Crippen LogP contribution in [0.15, 0.2) is 59.3 Å². The van der Waals surface area contributed by atoms with E-state index in [0.717, 1.165) is 41.4 Å². The third kappa shape index (κ3) is 4.25. The van der Waals surface area contributed by atoms with E-state index < -0.39 is 23.5 Å². The Kier molecular flexibility index (Phi) is 5.76. The van der Waals surface area contributed by atoms with Crippen molar-refractivity contribution < 1.29 is 28.8 Å². The largest absolute Gasteiger partial charge is 0.480 e. The van der Waals surface area contributed by atoms with Crippen molar-refractivity contribution in [3.63, 3.8) is 0 Å². The molecule has 1 fully saturated rings. The number of hydrogen-bond acceptors (Lipinski definition) is 6. The maximum absolute atomic E-state index is 12.7. The Morgan fingerprint density at radius 1 is 1.09 bits per heavy atom. The van der Waals surface area contributed by atoms with Crippen molar-refractivity contribution in [1.82, 2.24) is 15.8 Å². The molecule has 3 N–H and O–H groups in total. The summed E-state index contributed by atoms with van der Waals surface area (Å²) in [6.45, 7) is 1.54. The van der Waals surface area contributed by atoms with E-state index in [1.165, 1.54) is 6.92 Å². The molecule has 2 aliphatic carbocycles. The molecule has 2 amide bonds. The molecule has 9 heteroatoms. The predicted molar refractivity (Wildman–Crippen MR) is 125 cm³/mol. The summed E-state index contributed by atoms with van der Waals surface area (Å²) in [5.41, 5.74) is 3.36. The monoisotopic (exact) mass is 475 g/mol. The number of carbonyl (C=O) groups is 3. The minimum Gasteiger partial charge on any atom is -0.480 e. The zero-order valence-corrected chi connectivity index (χ0v) is 19.1. The lowest BCUT2D eigenvalue weighted by atomic mass is 9.95. The van der Waals surface area contributed by atoms with E-state index in [0.29, 0.717) is 0 Å². The van der Waals surface area contributed by atoms with Gasteiger partial charge in [-0.25, -0.2) is 9.59 Å². The molecule has 1 aromatic heterocycles. The van der Waals surface area contributed by atoms with Crippen LogP contribution in [0.25, 0.3) is 11.1 Å². The number of ether oxygens (including phenoxy) is 1. The van der Waals surface area contributed by atoms with Crippen LogP contribution >= 0.6 is 0 Å². The topological polar surface area (TPSA) is 131 Å². The number of carbonyl (C=O) groups excluding carboxylic acids is 2. The molecule has 1 saturated carbocycles. The fourth-order valence-electron chi connectivity index (χ4n) is 4.67. The van der Waals surface area contributed by atoms with Crippen LogP contribution < -0.4 is 10.6 Å². The average Bonchev–Trinajstić information content (AvgIpc) is 3.53. The molecule has 35 heavy (non-hydrogen) atoms. The second-order valence-electron chi connectivity index (χ2n) is 9.09. The van der Waals surface area contributed by atoms with Gasteiger partial charge in [0, 0.05) is 5.92 Å². The molecule has 0 saturated heterocycles. The number of carboxylic acid groups (broad SMARTS) is 1. The molecule has 1 heterocycles. The lowest BCUT2D eigenvalue weighted by Gasteiger charge is -2.25. The third-order valence-corrected chi connectivity index (χ3v) is 6.84. The Bertz CT molecular complexity index is 1250. The van der Waals surface area contributed by atoms with Crippen LogP contribution in [0, 0.1) is 5.92 Å². The fourth-order valence-corrected chi connectivity index (χ4v) is 4.67. The zero-order valence-electron chi connectivity index (χ0n) is 19.1. The van der Waals surface area contributed by atoms with Gasteiger partial charge in [-0.15, -0.1) is 0 Å². The Labute approximate surface area is 201 Å². The van der Waals surface area contributed by atoms with E-state index in [1.807, 2.05) is 36.4 Å². The number of fused-ring (bicyclic) bond motifs is 3. The molecule has 0 spiro atoms. The quantitative estimate of drug-likeness (QED) is 0.453. The number of carboxylic acids is 1. The van der Waals surface area contributed by atoms with Crippen molar-refractivity contribution in [2.45, 2.75) is 37.8 Å². The van der Waals surface area contributed by atoms with Gasteiger partial charge in [-0.1, -0.05) is 53.7 Å². The molecule has 180 valence electrons. The Balaban J connectivity index is 1.20. The zero-order chi connectivity index (χ0) is 24.6. The lowest BCUT2D eigenvalue weighted by molar-refractivity contribution is -0.144. The summed E-state index contributed by atoms with van der Waals surface area (Å²) in [7, 11) is 0. The van der Waals surface area contributed by atoms with Crippen LogP contribution in [-0.2, 0) is 16.1 Å². The maximum Gasteiger partial charge on any atom is 0.407 e. The molecule has 1 atom stereocenters. The van der Waals surface area contributed by atoms with Gasteiger partial charge in [0.1, 0.15) is 29.7 Å². The van der Waals surface area contributed by atoms with Crippen LogP contribution in [-0.4, -0.2) is 40.4 Å². The first-order valence-electron chi connectivity index (χ1n) is 11.5. The van der Waals surface area contributed by atoms with Crippen molar-refractivity contribution in [2.75, 3.05) is 6.61 Å². The molecular formula is C26H25N3O6. The van der Waals surface area contributed by atoms with Crippen molar-refractivity contribution in [3.05, 3.63) is 77.2 Å². The standard InChI is InChI=1S/C26H25N3O6/c1-26(24(31)32,15-10-11-15)28-23(30)21-14-35-29-22(21)12-27-25(33)34-13-20-18-8-4-2-6-16(18)17-7-3-5-9-19(17)20/h2-9,14-15,20H,10-13H2,1H3,(H,27,33)(H,28,30)(H,31,32). The van der Waals surface area contributed by atoms with Gasteiger partial charge in [-0.05, 0) is 47.9 Å². The highest BCUT2D eigenvalue weighted by Gasteiger charge is 2.49. The molecule has 0 radical (unpaired) electrons. The Morgan fingerprint density at radius 2 is 1.71 bits per heavy atom. The molecule has 3 aromatic rings. The second kappa shape index (κ2) is 8.90. The van der Waals surface area contributed by atoms with Gasteiger partial charge in [-0.3, -0.25) is 4.79 Å². The minimum atomic E-state index is -1.37. The number of hydrogen-bond donors (Lipinski definition) is 3. The van der Waals surface area contributed by atoms with Crippen LogP contribution in [0.3, 0.4) is 0 Å². The number of nitrogens with one attached hydrogen (secondary N) is 2. The SMILES string of the molecule is CC(NC(=O)c1conc1CNC(=O)OCC1c2ccccc2-c2ccccc21)(C(=O)O)C1CC1. The summed E-state index contributed by atoms with van der Waals surface area (Å²) in [5.74, 6) is -1.90. The van der Waals surface area contributed by atoms with Crippen LogP contribution in [0.4, 0.5) is 4.79 Å². The Hall–Kier alpha value is -4.14. The van der Waals surface area contributed by atoms with E-state index in [4.69, 9.17) is 9.26 Å². The maximum atomic E-state index is 12.7. The molecule has 1 unspecified atom stereocenters. The number of benzene rings is 2. The van der Waals surface area contributed by atoms with Gasteiger partial charge in [0.25, 0.3) is 5.91 Å². The second-order valence-corrected chi connectivity index (χ2v) is 9.09. The number of nitrogens with zero attached hydrogens (tertiary/aromatic N) is 1. The van der Waals surface area contributed by atoms with Gasteiger partial charge in [0.05, 0.1) is 6.54 Å². The average molecular weight is 476 g/mol. The van der Waals surface area contributed by atoms with E-state index in [1.54, 1.807) is 0 Å². The highest BCUT2D eigenvalue weighted by Crippen LogP contribution is 2.44. The Morgan fingerprint density at radius 3 is 2.31 bits per heavy atom. The summed E-state index contributed by atoms with van der Waals surface area (Å²) >= 11 is 0. The molecule has 9 nitrogen and oxygen atoms in total. The molecule has 2 aliphatic rings. The predicted octanol–water partition coefficient (Wildman–Crippen LogP) is 3.70. The first-order valence-corrected chi connectivity index (χ1v) is 11.5. The van der Waals surface area contributed by atoms with Crippen molar-refractivity contribution in [2.24, 2.45) is 5.92 Å². The van der Waals surface area contributed by atoms with E-state index in [-0.39, 0.29) is 36.2 Å². The third-order valence-electron chi connectivity index (χ3n) is 6.84. The highest BCUT2D eigenvalue weighted by molar-refractivity contribution is 5.98.